The van der Waals surface area contributed by atoms with Crippen molar-refractivity contribution in [3.8, 4) is 0 Å². The van der Waals surface area contributed by atoms with Crippen LogP contribution in [-0.2, 0) is 0 Å². The first-order valence-corrected chi connectivity index (χ1v) is 2.67. The van der Waals surface area contributed by atoms with E-state index >= 15 is 0 Å². The summed E-state index contributed by atoms with van der Waals surface area (Å²) in [5, 5.41) is 16.9. The van der Waals surface area contributed by atoms with Gasteiger partial charge in [-0.25, -0.2) is 0 Å². The maximum Gasteiger partial charge on any atom is 0.151 e. The molecule has 0 saturated heterocycles. The van der Waals surface area contributed by atoms with Crippen molar-refractivity contribution in [2.75, 3.05) is 0 Å². The lowest BCUT2D eigenvalue weighted by molar-refractivity contribution is -1.53. The normalized spacial score (nSPS) is 31.1. The summed E-state index contributed by atoms with van der Waals surface area (Å²) >= 11 is 0. The van der Waals surface area contributed by atoms with Crippen LogP contribution in [0, 0.1) is 11.1 Å². The van der Waals surface area contributed by atoms with Gasteiger partial charge in [-0.2, -0.15) is 10.3 Å². The van der Waals surface area contributed by atoms with Crippen molar-refractivity contribution in [3.63, 3.8) is 0 Å². The van der Waals surface area contributed by atoms with Crippen LogP contribution in [0.15, 0.2) is 11.8 Å². The van der Waals surface area contributed by atoms with Gasteiger partial charge in [-0.1, -0.05) is 5.34 Å². The first-order chi connectivity index (χ1) is 4.13. The molecule has 1 aliphatic rings. The lowest BCUT2D eigenvalue weighted by Gasteiger charge is -2.23. The van der Waals surface area contributed by atoms with Crippen molar-refractivity contribution in [2.45, 2.75) is 6.92 Å². The van der Waals surface area contributed by atoms with Gasteiger partial charge in [0, 0.05) is 0 Å². The summed E-state index contributed by atoms with van der Waals surface area (Å²) in [6.45, 7) is 1.87. The molecule has 0 bridgehead atoms. The quantitative estimate of drug-likeness (QED) is 0.381. The Bertz CT molecular complexity index is 145. The van der Waals surface area contributed by atoms with E-state index in [2.05, 4.69) is 0 Å². The standard InChI is InChI=1S/C4H9N3O2/c1-3-2-4(3)6(5)7(8)9/h2-3,5-8H,1H3. The minimum Gasteiger partial charge on any atom is -0.550 e. The van der Waals surface area contributed by atoms with Gasteiger partial charge in [-0.15, -0.1) is 0 Å². The molecular formula is C4H9N3O2. The van der Waals surface area contributed by atoms with Gasteiger partial charge >= 0.3 is 0 Å². The van der Waals surface area contributed by atoms with Crippen LogP contribution in [0.3, 0.4) is 0 Å². The minimum atomic E-state index is -1.13. The van der Waals surface area contributed by atoms with Crippen molar-refractivity contribution in [2.24, 2.45) is 5.92 Å². The molecule has 0 spiro atoms. The Balaban J connectivity index is 2.36. The van der Waals surface area contributed by atoms with E-state index in [1.807, 2.05) is 6.92 Å². The Kier molecular flexibility index (Phi) is 1.52. The summed E-state index contributed by atoms with van der Waals surface area (Å²) < 4.78 is 0. The summed E-state index contributed by atoms with van der Waals surface area (Å²) in [6.07, 6.45) is 1.76. The fraction of sp³-hybridized carbons (Fsp3) is 0.500. The fourth-order valence-electron chi connectivity index (χ4n) is 0.656. The van der Waals surface area contributed by atoms with Crippen LogP contribution >= 0.6 is 0 Å². The van der Waals surface area contributed by atoms with E-state index in [1.54, 1.807) is 6.08 Å². The third kappa shape index (κ3) is 1.26. The summed E-state index contributed by atoms with van der Waals surface area (Å²) in [5.74, 6) is 7.14. The molecule has 0 heterocycles. The molecule has 0 radical (unpaired) electrons. The highest BCUT2D eigenvalue weighted by Gasteiger charge is 2.29. The molecule has 1 rings (SSSR count). The van der Waals surface area contributed by atoms with Crippen molar-refractivity contribution in [1.82, 2.24) is 0 Å². The van der Waals surface area contributed by atoms with Gasteiger partial charge in [0.2, 0.25) is 0 Å². The van der Waals surface area contributed by atoms with E-state index in [4.69, 9.17) is 11.0 Å². The van der Waals surface area contributed by atoms with Crippen molar-refractivity contribution in [1.29, 1.82) is 0 Å². The molecule has 0 fully saturated rings. The maximum absolute atomic E-state index is 10.1. The molecule has 0 aliphatic heterocycles. The topological polar surface area (TPSA) is 76.0 Å². The van der Waals surface area contributed by atoms with E-state index < -0.39 is 5.34 Å². The lowest BCUT2D eigenvalue weighted by atomic mass is 10.4. The van der Waals surface area contributed by atoms with Crippen molar-refractivity contribution < 1.29 is 15.7 Å². The molecule has 3 unspecified atom stereocenters. The Hall–Kier alpha value is -0.460. The zero-order chi connectivity index (χ0) is 7.02. The van der Waals surface area contributed by atoms with Gasteiger partial charge in [-0.3, -0.25) is 0 Å². The molecule has 0 aromatic heterocycles. The van der Waals surface area contributed by atoms with Crippen LogP contribution in [0.5, 0.6) is 0 Å². The second-order valence-corrected chi connectivity index (χ2v) is 2.09. The van der Waals surface area contributed by atoms with E-state index in [9.17, 15) is 5.21 Å². The Labute approximate surface area is 52.4 Å². The van der Waals surface area contributed by atoms with Crippen LogP contribution in [0.1, 0.15) is 6.92 Å². The van der Waals surface area contributed by atoms with Gasteiger partial charge in [0.15, 0.2) is 5.70 Å². The number of hydrogen-bond donors (Lipinski definition) is 3. The second-order valence-electron chi connectivity index (χ2n) is 2.09. The minimum absolute atomic E-state index is 0.216. The van der Waals surface area contributed by atoms with Crippen molar-refractivity contribution in [3.05, 3.63) is 22.8 Å². The van der Waals surface area contributed by atoms with Crippen LogP contribution in [-0.4, -0.2) is 5.21 Å². The first-order valence-electron chi connectivity index (χ1n) is 2.67. The number of nitrogens with one attached hydrogen (secondary N) is 3. The van der Waals surface area contributed by atoms with Gasteiger partial charge in [0.1, 0.15) is 0 Å². The predicted octanol–water partition coefficient (Wildman–Crippen LogP) is -1.94. The van der Waals surface area contributed by atoms with Gasteiger partial charge < -0.3 is 11.0 Å². The summed E-state index contributed by atoms with van der Waals surface area (Å²) in [5.41, 5.74) is 0.655. The molecular weight excluding hydrogens is 122 g/mol. The zero-order valence-corrected chi connectivity index (χ0v) is 5.01. The molecule has 5 nitrogen and oxygen atoms in total. The fourth-order valence-corrected chi connectivity index (χ4v) is 0.656. The van der Waals surface area contributed by atoms with Crippen LogP contribution in [0.25, 0.3) is 5.84 Å². The zero-order valence-electron chi connectivity index (χ0n) is 5.01. The third-order valence-corrected chi connectivity index (χ3v) is 1.31. The van der Waals surface area contributed by atoms with E-state index in [0.717, 1.165) is 0 Å². The SMILES string of the molecule is CC1C=C1[NH+]([NH-])[NH+]([O-])O. The number of allylic oxidation sites excluding steroid dienone is 2. The Morgan fingerprint density at radius 3 is 2.44 bits per heavy atom. The molecule has 0 saturated carbocycles. The highest BCUT2D eigenvalue weighted by atomic mass is 16.8. The molecule has 0 amide bonds. The molecule has 4 N–H and O–H groups in total. The largest absolute Gasteiger partial charge is 0.550 e. The summed E-state index contributed by atoms with van der Waals surface area (Å²) in [7, 11) is 0. The van der Waals surface area contributed by atoms with Crippen LogP contribution in [0.4, 0.5) is 0 Å². The van der Waals surface area contributed by atoms with E-state index in [1.165, 1.54) is 0 Å². The third-order valence-electron chi connectivity index (χ3n) is 1.31. The molecule has 3 atom stereocenters. The smallest absolute Gasteiger partial charge is 0.151 e. The average molecular weight is 131 g/mol. The molecule has 52 valence electrons. The monoisotopic (exact) mass is 131 g/mol. The van der Waals surface area contributed by atoms with E-state index in [-0.39, 0.29) is 11.0 Å². The Morgan fingerprint density at radius 1 is 1.89 bits per heavy atom. The first kappa shape index (κ1) is 6.66. The van der Waals surface area contributed by atoms with E-state index in [0.29, 0.717) is 5.70 Å². The number of quaternary nitrogens is 2. The maximum atomic E-state index is 10.1. The van der Waals surface area contributed by atoms with Gasteiger partial charge in [0.25, 0.3) is 0 Å². The highest BCUT2D eigenvalue weighted by molar-refractivity contribution is 5.18. The summed E-state index contributed by atoms with van der Waals surface area (Å²) in [6, 6.07) is 0. The molecule has 0 aromatic rings. The average Bonchev–Trinajstić information content (AvgIpc) is 2.44. The molecule has 9 heavy (non-hydrogen) atoms. The highest BCUT2D eigenvalue weighted by Crippen LogP contribution is 2.20. The van der Waals surface area contributed by atoms with Gasteiger partial charge in [0.05, 0.1) is 5.92 Å². The van der Waals surface area contributed by atoms with Crippen molar-refractivity contribution >= 4 is 0 Å². The number of rotatable bonds is 2. The van der Waals surface area contributed by atoms with Gasteiger partial charge in [-0.05, 0) is 13.0 Å². The van der Waals surface area contributed by atoms with Crippen LogP contribution < -0.4 is 10.5 Å². The van der Waals surface area contributed by atoms with Crippen LogP contribution in [0.2, 0.25) is 0 Å². The lowest BCUT2D eigenvalue weighted by Crippen LogP contribution is -3.53. The molecule has 1 aliphatic carbocycles. The molecule has 0 aromatic carbocycles. The predicted molar refractivity (Wildman–Crippen MR) is 28.6 cm³/mol. The Morgan fingerprint density at radius 2 is 2.33 bits per heavy atom. The summed E-state index contributed by atoms with van der Waals surface area (Å²) in [4.78, 5) is 0. The second kappa shape index (κ2) is 2.05. The molecule has 5 heteroatoms. The number of hydrogen-bond acceptors (Lipinski definition) is 2.